The molecule has 1 aliphatic rings. The lowest BCUT2D eigenvalue weighted by Crippen LogP contribution is -2.44. The number of aromatic hydroxyl groups is 1. The maximum Gasteiger partial charge on any atom is 0.306 e. The average molecular weight is 381 g/mol. The normalized spacial score (nSPS) is 16.7. The van der Waals surface area contributed by atoms with Gasteiger partial charge in [0.25, 0.3) is 10.0 Å². The highest BCUT2D eigenvalue weighted by molar-refractivity contribution is 7.90. The summed E-state index contributed by atoms with van der Waals surface area (Å²) in [6, 6.07) is 6.18. The minimum Gasteiger partial charge on any atom is -0.503 e. The van der Waals surface area contributed by atoms with Gasteiger partial charge in [-0.2, -0.15) is 0 Å². The van der Waals surface area contributed by atoms with E-state index in [1.807, 2.05) is 7.05 Å². The zero-order valence-corrected chi connectivity index (χ0v) is 15.1. The van der Waals surface area contributed by atoms with Gasteiger partial charge < -0.3 is 10.0 Å². The molecule has 0 amide bonds. The average Bonchev–Trinajstić information content (AvgIpc) is 2.61. The highest BCUT2D eigenvalue weighted by atomic mass is 32.2. The van der Waals surface area contributed by atoms with Crippen LogP contribution in [0, 0.1) is 5.82 Å². The Kier molecular flexibility index (Phi) is 5.12. The van der Waals surface area contributed by atoms with Crippen molar-refractivity contribution < 1.29 is 17.9 Å². The smallest absolute Gasteiger partial charge is 0.306 e. The van der Waals surface area contributed by atoms with Gasteiger partial charge >= 0.3 is 5.56 Å². The fraction of sp³-hybridized carbons (Fsp3) is 0.353. The molecule has 2 heterocycles. The zero-order chi connectivity index (χ0) is 18.9. The highest BCUT2D eigenvalue weighted by Gasteiger charge is 2.25. The number of halogens is 1. The second kappa shape index (κ2) is 7.18. The van der Waals surface area contributed by atoms with E-state index in [4.69, 9.17) is 0 Å². The zero-order valence-electron chi connectivity index (χ0n) is 14.3. The first-order chi connectivity index (χ1) is 12.3. The van der Waals surface area contributed by atoms with E-state index in [1.54, 1.807) is 0 Å². The molecule has 140 valence electrons. The number of benzene rings is 1. The van der Waals surface area contributed by atoms with Crippen molar-refractivity contribution in [3.05, 3.63) is 58.3 Å². The molecule has 1 aromatic heterocycles. The first-order valence-corrected chi connectivity index (χ1v) is 9.59. The van der Waals surface area contributed by atoms with Crippen molar-refractivity contribution in [3.8, 4) is 5.75 Å². The molecule has 3 rings (SSSR count). The van der Waals surface area contributed by atoms with Crippen LogP contribution in [-0.2, 0) is 16.6 Å². The molecular weight excluding hydrogens is 361 g/mol. The van der Waals surface area contributed by atoms with E-state index in [1.165, 1.54) is 18.2 Å². The molecule has 1 fully saturated rings. The molecule has 0 unspecified atom stereocenters. The van der Waals surface area contributed by atoms with Crippen molar-refractivity contribution in [1.82, 2.24) is 13.8 Å². The molecule has 2 aromatic rings. The fourth-order valence-corrected chi connectivity index (χ4v) is 4.17. The number of hydrogen-bond acceptors (Lipinski definition) is 6. The van der Waals surface area contributed by atoms with Crippen LogP contribution in [0.25, 0.3) is 0 Å². The van der Waals surface area contributed by atoms with Crippen LogP contribution in [0.2, 0.25) is 0 Å². The SMILES string of the molecule is CN1CCN(Cc2ccn(S(=O)(=O)c3ccccc3F)c(=O)c2O)CC1. The van der Waals surface area contributed by atoms with Crippen LogP contribution in [0.5, 0.6) is 5.75 Å². The maximum absolute atomic E-state index is 13.9. The minimum atomic E-state index is -4.43. The Morgan fingerprint density at radius 2 is 1.77 bits per heavy atom. The summed E-state index contributed by atoms with van der Waals surface area (Å²) in [4.78, 5) is 16.0. The Hall–Kier alpha value is -2.23. The Morgan fingerprint density at radius 1 is 1.12 bits per heavy atom. The summed E-state index contributed by atoms with van der Waals surface area (Å²) in [5.41, 5.74) is -0.737. The molecule has 1 aliphatic heterocycles. The molecule has 9 heteroatoms. The lowest BCUT2D eigenvalue weighted by molar-refractivity contribution is 0.147. The van der Waals surface area contributed by atoms with Crippen LogP contribution in [-0.4, -0.2) is 60.5 Å². The number of rotatable bonds is 4. The van der Waals surface area contributed by atoms with Gasteiger partial charge in [0.15, 0.2) is 5.75 Å². The lowest BCUT2D eigenvalue weighted by atomic mass is 10.2. The Balaban J connectivity index is 1.93. The largest absolute Gasteiger partial charge is 0.503 e. The number of aromatic nitrogens is 1. The van der Waals surface area contributed by atoms with Gasteiger partial charge in [-0.3, -0.25) is 9.69 Å². The molecule has 0 bridgehead atoms. The number of likely N-dealkylation sites (N-methyl/N-ethyl adjacent to an activating group) is 1. The predicted molar refractivity (Wildman–Crippen MR) is 94.1 cm³/mol. The van der Waals surface area contributed by atoms with E-state index in [-0.39, 0.29) is 0 Å². The lowest BCUT2D eigenvalue weighted by Gasteiger charge is -2.32. The Bertz CT molecular complexity index is 966. The van der Waals surface area contributed by atoms with Crippen molar-refractivity contribution in [2.45, 2.75) is 11.4 Å². The summed E-state index contributed by atoms with van der Waals surface area (Å²) in [5, 5.41) is 10.2. The second-order valence-electron chi connectivity index (χ2n) is 6.31. The number of hydrogen-bond donors (Lipinski definition) is 1. The number of nitrogens with zero attached hydrogens (tertiary/aromatic N) is 3. The first kappa shape index (κ1) is 18.6. The van der Waals surface area contributed by atoms with E-state index < -0.39 is 32.0 Å². The van der Waals surface area contributed by atoms with Crippen molar-refractivity contribution >= 4 is 10.0 Å². The van der Waals surface area contributed by atoms with Crippen LogP contribution in [0.4, 0.5) is 4.39 Å². The van der Waals surface area contributed by atoms with E-state index in [9.17, 15) is 22.7 Å². The molecule has 26 heavy (non-hydrogen) atoms. The highest BCUT2D eigenvalue weighted by Crippen LogP contribution is 2.19. The second-order valence-corrected chi connectivity index (χ2v) is 8.09. The summed E-state index contributed by atoms with van der Waals surface area (Å²) in [7, 11) is -2.41. The summed E-state index contributed by atoms with van der Waals surface area (Å²) in [6.45, 7) is 3.66. The van der Waals surface area contributed by atoms with Crippen LogP contribution >= 0.6 is 0 Å². The van der Waals surface area contributed by atoms with Crippen molar-refractivity contribution in [2.24, 2.45) is 0 Å². The van der Waals surface area contributed by atoms with Gasteiger partial charge in [0.05, 0.1) is 0 Å². The molecule has 0 atom stereocenters. The minimum absolute atomic E-state index is 0.343. The quantitative estimate of drug-likeness (QED) is 0.839. The molecule has 0 aliphatic carbocycles. The Morgan fingerprint density at radius 3 is 2.42 bits per heavy atom. The van der Waals surface area contributed by atoms with Gasteiger partial charge in [-0.15, -0.1) is 0 Å². The number of piperazine rings is 1. The van der Waals surface area contributed by atoms with Gasteiger partial charge in [-0.25, -0.2) is 16.8 Å². The van der Waals surface area contributed by atoms with Crippen LogP contribution in [0.3, 0.4) is 0 Å². The van der Waals surface area contributed by atoms with E-state index in [2.05, 4.69) is 9.80 Å². The molecule has 1 N–H and O–H groups in total. The summed E-state index contributed by atoms with van der Waals surface area (Å²) >= 11 is 0. The summed E-state index contributed by atoms with van der Waals surface area (Å²) in [5.74, 6) is -1.59. The topological polar surface area (TPSA) is 82.8 Å². The Labute approximate surface area is 151 Å². The predicted octanol–water partition coefficient (Wildman–Crippen LogP) is 0.677. The van der Waals surface area contributed by atoms with Crippen LogP contribution < -0.4 is 5.56 Å². The summed E-state index contributed by atoms with van der Waals surface area (Å²) < 4.78 is 39.3. The van der Waals surface area contributed by atoms with E-state index in [0.29, 0.717) is 16.1 Å². The standard InChI is InChI=1S/C17H20FN3O4S/c1-19-8-10-20(11-9-19)12-13-6-7-21(17(23)16(13)22)26(24,25)15-5-3-2-4-14(15)18/h2-7,22H,8-12H2,1H3. The number of pyridine rings is 1. The van der Waals surface area contributed by atoms with Crippen LogP contribution in [0.15, 0.2) is 46.2 Å². The molecular formula is C17H20FN3O4S. The fourth-order valence-electron chi connectivity index (χ4n) is 2.87. The molecule has 1 aromatic carbocycles. The first-order valence-electron chi connectivity index (χ1n) is 8.15. The van der Waals surface area contributed by atoms with Crippen molar-refractivity contribution in [2.75, 3.05) is 33.2 Å². The molecule has 7 nitrogen and oxygen atoms in total. The maximum atomic E-state index is 13.9. The molecule has 1 saturated heterocycles. The van der Waals surface area contributed by atoms with E-state index in [0.717, 1.165) is 44.5 Å². The van der Waals surface area contributed by atoms with Gasteiger partial charge in [0, 0.05) is 44.5 Å². The van der Waals surface area contributed by atoms with Crippen molar-refractivity contribution in [1.29, 1.82) is 0 Å². The third-order valence-corrected chi connectivity index (χ3v) is 6.17. The van der Waals surface area contributed by atoms with Crippen LogP contribution in [0.1, 0.15) is 5.56 Å². The van der Waals surface area contributed by atoms with E-state index >= 15 is 0 Å². The molecule has 0 radical (unpaired) electrons. The summed E-state index contributed by atoms with van der Waals surface area (Å²) in [6.07, 6.45) is 1.06. The third kappa shape index (κ3) is 3.50. The van der Waals surface area contributed by atoms with Gasteiger partial charge in [0.2, 0.25) is 0 Å². The molecule has 0 spiro atoms. The monoisotopic (exact) mass is 381 g/mol. The van der Waals surface area contributed by atoms with Crippen molar-refractivity contribution in [3.63, 3.8) is 0 Å². The van der Waals surface area contributed by atoms with Gasteiger partial charge in [0.1, 0.15) is 10.7 Å². The molecule has 0 saturated carbocycles. The third-order valence-electron chi connectivity index (χ3n) is 4.48. The van der Waals surface area contributed by atoms with Gasteiger partial charge in [-0.05, 0) is 25.2 Å². The van der Waals surface area contributed by atoms with Gasteiger partial charge in [-0.1, -0.05) is 12.1 Å².